The molecule has 1 amide bonds. The highest BCUT2D eigenvalue weighted by Gasteiger charge is 2.32. The fraction of sp³-hybridized carbons (Fsp3) is 0. The molecule has 0 spiro atoms. The summed E-state index contributed by atoms with van der Waals surface area (Å²) in [4.78, 5) is 11.4. The lowest BCUT2D eigenvalue weighted by Crippen LogP contribution is -2.60. The van der Waals surface area contributed by atoms with Crippen LogP contribution in [0.1, 0.15) is 5.56 Å². The molecule has 21 heavy (non-hydrogen) atoms. The van der Waals surface area contributed by atoms with Crippen molar-refractivity contribution in [1.82, 2.24) is 0 Å². The third-order valence-corrected chi connectivity index (χ3v) is 5.04. The number of allylic oxidation sites excluding steroid dienone is 2. The van der Waals surface area contributed by atoms with Crippen LogP contribution in [0.5, 0.6) is 0 Å². The number of benzene rings is 1. The minimum absolute atomic E-state index is 0.0862. The van der Waals surface area contributed by atoms with Gasteiger partial charge in [0.15, 0.2) is 10.8 Å². The first-order valence-corrected chi connectivity index (χ1v) is 7.93. The van der Waals surface area contributed by atoms with E-state index in [0.29, 0.717) is 10.5 Å². The number of hydrogen-bond donors (Lipinski definition) is 2. The summed E-state index contributed by atoms with van der Waals surface area (Å²) in [5, 5.41) is 0. The molecule has 0 fully saturated rings. The maximum atomic E-state index is 11.3. The lowest BCUT2D eigenvalue weighted by atomic mass is 10.1. The Kier molecular flexibility index (Phi) is 4.59. The van der Waals surface area contributed by atoms with Crippen LogP contribution in [0.25, 0.3) is 4.91 Å². The molecule has 1 heterocycles. The van der Waals surface area contributed by atoms with Gasteiger partial charge in [0, 0.05) is 0 Å². The van der Waals surface area contributed by atoms with E-state index in [4.69, 9.17) is 11.5 Å². The Labute approximate surface area is 125 Å². The second-order valence-electron chi connectivity index (χ2n) is 3.92. The molecule has 4 N–H and O–H groups in total. The standard InChI is InChI=1S/C12H11ClN2O5S/c14-11(16)9-6-7-10(8-4-2-1-3-5-8)21(12(9)15)20-13(17,18)19/h1-7H,15H2,(H2,14,16). The lowest BCUT2D eigenvalue weighted by Gasteiger charge is -2.19. The molecule has 0 saturated carbocycles. The Hall–Kier alpha value is -1.52. The molecular weight excluding hydrogens is 320 g/mol. The van der Waals surface area contributed by atoms with Crippen LogP contribution in [0, 0.1) is 10.2 Å². The first-order chi connectivity index (χ1) is 9.79. The topological polar surface area (TPSA) is 148 Å². The van der Waals surface area contributed by atoms with Crippen molar-refractivity contribution in [3.8, 4) is 0 Å². The molecule has 1 atom stereocenters. The monoisotopic (exact) mass is 330 g/mol. The van der Waals surface area contributed by atoms with Gasteiger partial charge in [-0.25, -0.2) is 0 Å². The van der Waals surface area contributed by atoms with E-state index >= 15 is 0 Å². The number of halogens is 1. The van der Waals surface area contributed by atoms with Crippen molar-refractivity contribution in [3.05, 3.63) is 53.6 Å². The van der Waals surface area contributed by atoms with E-state index in [1.807, 2.05) is 0 Å². The molecule has 1 aliphatic rings. The average molecular weight is 331 g/mol. The van der Waals surface area contributed by atoms with Crippen LogP contribution in [-0.4, -0.2) is 10.9 Å². The van der Waals surface area contributed by atoms with E-state index in [2.05, 4.69) is 3.74 Å². The predicted octanol–water partition coefficient (Wildman–Crippen LogP) is -2.36. The summed E-state index contributed by atoms with van der Waals surface area (Å²) in [6.07, 6.45) is 2.82. The van der Waals surface area contributed by atoms with Gasteiger partial charge in [-0.3, -0.25) is 10.5 Å². The van der Waals surface area contributed by atoms with Crippen LogP contribution >= 0.6 is 10.8 Å². The van der Waals surface area contributed by atoms with Crippen molar-refractivity contribution in [3.63, 3.8) is 0 Å². The molecular formula is C12H11ClN2O5S. The molecule has 0 aliphatic carbocycles. The number of carbonyl (C=O) groups is 1. The number of rotatable bonds is 4. The Balaban J connectivity index is 2.56. The van der Waals surface area contributed by atoms with Gasteiger partial charge in [-0.05, 0) is 17.7 Å². The number of nitrogens with two attached hydrogens (primary N) is 2. The fourth-order valence-corrected chi connectivity index (χ4v) is 3.98. The van der Waals surface area contributed by atoms with Gasteiger partial charge in [-0.2, -0.15) is 14.0 Å². The average Bonchev–Trinajstić information content (AvgIpc) is 2.40. The van der Waals surface area contributed by atoms with Gasteiger partial charge in [0.05, 0.1) is 25.7 Å². The summed E-state index contributed by atoms with van der Waals surface area (Å²) < 4.78 is 37.1. The normalized spacial score (nSPS) is 19.0. The van der Waals surface area contributed by atoms with Gasteiger partial charge in [0.1, 0.15) is 3.74 Å². The van der Waals surface area contributed by atoms with Crippen molar-refractivity contribution in [2.75, 3.05) is 0 Å². The minimum atomic E-state index is -4.72. The second kappa shape index (κ2) is 6.08. The fourth-order valence-electron chi connectivity index (χ4n) is 1.68. The quantitative estimate of drug-likeness (QED) is 0.590. The van der Waals surface area contributed by atoms with E-state index in [-0.39, 0.29) is 10.6 Å². The van der Waals surface area contributed by atoms with E-state index in [9.17, 15) is 18.8 Å². The molecule has 1 aromatic rings. The van der Waals surface area contributed by atoms with Crippen LogP contribution in [0.15, 0.2) is 48.1 Å². The molecule has 2 rings (SSSR count). The molecule has 0 aromatic heterocycles. The summed E-state index contributed by atoms with van der Waals surface area (Å²) in [7, 11) is -6.44. The van der Waals surface area contributed by atoms with Gasteiger partial charge < -0.3 is 5.73 Å². The number of hydrogen-bond acceptors (Lipinski definition) is 6. The van der Waals surface area contributed by atoms with Gasteiger partial charge in [-0.15, -0.1) is 0 Å². The van der Waals surface area contributed by atoms with Crippen LogP contribution in [-0.2, 0) is 8.53 Å². The van der Waals surface area contributed by atoms with Gasteiger partial charge in [0.25, 0.3) is 5.91 Å². The van der Waals surface area contributed by atoms with Gasteiger partial charge in [-0.1, -0.05) is 30.3 Å². The highest BCUT2D eigenvalue weighted by molar-refractivity contribution is 8.20. The summed E-state index contributed by atoms with van der Waals surface area (Å²) in [6.45, 7) is 0. The number of primary amides is 1. The molecule has 112 valence electrons. The highest BCUT2D eigenvalue weighted by atomic mass is 35.7. The SMILES string of the molecule is NC(=O)C1=CC=C(c2ccccc2)S(O[Cl+3]([O-])([O-])[O-])=C1N. The molecule has 1 unspecified atom stereocenters. The molecule has 0 saturated heterocycles. The summed E-state index contributed by atoms with van der Waals surface area (Å²) in [6, 6.07) is 8.61. The van der Waals surface area contributed by atoms with Crippen molar-refractivity contribution < 1.29 is 32.8 Å². The highest BCUT2D eigenvalue weighted by Crippen LogP contribution is 2.40. The largest absolute Gasteiger partial charge is 0.366 e. The Bertz CT molecular complexity index is 664. The molecule has 7 nitrogen and oxygen atoms in total. The van der Waals surface area contributed by atoms with Crippen LogP contribution in [0.2, 0.25) is 0 Å². The zero-order chi connectivity index (χ0) is 15.6. The Morgan fingerprint density at radius 3 is 2.29 bits per heavy atom. The predicted molar refractivity (Wildman–Crippen MR) is 69.6 cm³/mol. The third-order valence-electron chi connectivity index (χ3n) is 2.53. The molecule has 0 radical (unpaired) electrons. The summed E-state index contributed by atoms with van der Waals surface area (Å²) in [5.74, 6) is -0.836. The molecule has 0 bridgehead atoms. The molecule has 9 heteroatoms. The van der Waals surface area contributed by atoms with E-state index in [1.165, 1.54) is 12.2 Å². The maximum Gasteiger partial charge on any atom is 0.250 e. The zero-order valence-corrected chi connectivity index (χ0v) is 12.1. The van der Waals surface area contributed by atoms with Crippen molar-refractivity contribution in [1.29, 1.82) is 0 Å². The van der Waals surface area contributed by atoms with Gasteiger partial charge >= 0.3 is 0 Å². The van der Waals surface area contributed by atoms with Crippen molar-refractivity contribution >= 4 is 26.6 Å². The van der Waals surface area contributed by atoms with E-state index in [0.717, 1.165) is 0 Å². The number of amides is 1. The smallest absolute Gasteiger partial charge is 0.250 e. The molecule has 1 aliphatic heterocycles. The minimum Gasteiger partial charge on any atom is -0.366 e. The first-order valence-electron chi connectivity index (χ1n) is 5.54. The third kappa shape index (κ3) is 3.77. The summed E-state index contributed by atoms with van der Waals surface area (Å²) >= 11 is 0. The van der Waals surface area contributed by atoms with E-state index < -0.39 is 26.9 Å². The Morgan fingerprint density at radius 2 is 1.76 bits per heavy atom. The molecule has 1 aromatic carbocycles. The van der Waals surface area contributed by atoms with Crippen molar-refractivity contribution in [2.45, 2.75) is 0 Å². The summed E-state index contributed by atoms with van der Waals surface area (Å²) in [5.41, 5.74) is 11.4. The maximum absolute atomic E-state index is 11.3. The Morgan fingerprint density at radius 1 is 1.14 bits per heavy atom. The van der Waals surface area contributed by atoms with Gasteiger partial charge in [0.2, 0.25) is 0 Å². The van der Waals surface area contributed by atoms with Crippen LogP contribution in [0.4, 0.5) is 0 Å². The van der Waals surface area contributed by atoms with Crippen LogP contribution in [0.3, 0.4) is 0 Å². The second-order valence-corrected chi connectivity index (χ2v) is 6.59. The first kappa shape index (κ1) is 15.9. The zero-order valence-electron chi connectivity index (χ0n) is 10.5. The number of carbonyl (C=O) groups excluding carboxylic acids is 1. The van der Waals surface area contributed by atoms with Crippen LogP contribution < -0.4 is 25.4 Å². The van der Waals surface area contributed by atoms with E-state index in [1.54, 1.807) is 30.3 Å². The lowest BCUT2D eigenvalue weighted by molar-refractivity contribution is -1.91. The van der Waals surface area contributed by atoms with Crippen molar-refractivity contribution in [2.24, 2.45) is 11.5 Å².